The molecule has 1 atom stereocenters. The standard InChI is InChI=1S/C19H21F3N2O4S/c1-13(16-9-4-5-10-17(16)28-2)23-18(25)12-24(29(3,26)27)15-8-6-7-14(11-15)19(20,21)22/h4-11,13H,12H2,1-3H3,(H,23,25)/t13-/m1/s1. The van der Waals surface area contributed by atoms with Crippen molar-refractivity contribution in [2.45, 2.75) is 19.1 Å². The Bertz CT molecular complexity index is 977. The molecule has 0 radical (unpaired) electrons. The Hall–Kier alpha value is -2.75. The lowest BCUT2D eigenvalue weighted by Crippen LogP contribution is -2.41. The summed E-state index contributed by atoms with van der Waals surface area (Å²) in [6.45, 7) is 1.02. The Morgan fingerprint density at radius 3 is 2.41 bits per heavy atom. The number of amides is 1. The maximum Gasteiger partial charge on any atom is 0.416 e. The van der Waals surface area contributed by atoms with Crippen molar-refractivity contribution in [3.63, 3.8) is 0 Å². The van der Waals surface area contributed by atoms with E-state index in [1.54, 1.807) is 31.2 Å². The number of rotatable bonds is 7. The van der Waals surface area contributed by atoms with Gasteiger partial charge in [0.25, 0.3) is 0 Å². The lowest BCUT2D eigenvalue weighted by molar-refractivity contribution is -0.137. The summed E-state index contributed by atoms with van der Waals surface area (Å²) in [5.41, 5.74) is -0.581. The normalized spacial score (nSPS) is 12.9. The number of sulfonamides is 1. The van der Waals surface area contributed by atoms with Crippen LogP contribution >= 0.6 is 0 Å². The van der Waals surface area contributed by atoms with Crippen LogP contribution in [0.4, 0.5) is 18.9 Å². The average Bonchev–Trinajstić information content (AvgIpc) is 2.64. The van der Waals surface area contributed by atoms with Crippen LogP contribution in [-0.2, 0) is 21.0 Å². The molecule has 0 spiro atoms. The van der Waals surface area contributed by atoms with Crippen molar-refractivity contribution in [1.29, 1.82) is 0 Å². The van der Waals surface area contributed by atoms with Crippen LogP contribution in [0.15, 0.2) is 48.5 Å². The topological polar surface area (TPSA) is 75.7 Å². The van der Waals surface area contributed by atoms with Crippen LogP contribution in [0.1, 0.15) is 24.1 Å². The molecule has 29 heavy (non-hydrogen) atoms. The van der Waals surface area contributed by atoms with Crippen molar-refractivity contribution in [3.05, 3.63) is 59.7 Å². The molecule has 2 rings (SSSR count). The maximum absolute atomic E-state index is 13.0. The van der Waals surface area contributed by atoms with E-state index >= 15 is 0 Å². The Kier molecular flexibility index (Phi) is 6.78. The van der Waals surface area contributed by atoms with Gasteiger partial charge in [0.2, 0.25) is 15.9 Å². The Balaban J connectivity index is 2.24. The number of hydrogen-bond donors (Lipinski definition) is 1. The SMILES string of the molecule is COc1ccccc1[C@@H](C)NC(=O)CN(c1cccc(C(F)(F)F)c1)S(C)(=O)=O. The third-order valence-corrected chi connectivity index (χ3v) is 5.27. The highest BCUT2D eigenvalue weighted by Crippen LogP contribution is 2.32. The van der Waals surface area contributed by atoms with Crippen LogP contribution in [0.2, 0.25) is 0 Å². The van der Waals surface area contributed by atoms with E-state index in [0.717, 1.165) is 18.4 Å². The second kappa shape index (κ2) is 8.73. The van der Waals surface area contributed by atoms with Crippen molar-refractivity contribution in [2.75, 3.05) is 24.2 Å². The predicted octanol–water partition coefficient (Wildman–Crippen LogP) is 3.36. The van der Waals surface area contributed by atoms with Crippen molar-refractivity contribution in [2.24, 2.45) is 0 Å². The molecule has 1 amide bonds. The minimum Gasteiger partial charge on any atom is -0.496 e. The second-order valence-corrected chi connectivity index (χ2v) is 8.26. The number of hydrogen-bond acceptors (Lipinski definition) is 4. The van der Waals surface area contributed by atoms with Gasteiger partial charge in [0.15, 0.2) is 0 Å². The molecule has 158 valence electrons. The number of halogens is 3. The van der Waals surface area contributed by atoms with Crippen LogP contribution in [0.25, 0.3) is 0 Å². The van der Waals surface area contributed by atoms with Crippen LogP contribution in [0.3, 0.4) is 0 Å². The summed E-state index contributed by atoms with van der Waals surface area (Å²) in [6, 6.07) is 10.3. The molecular weight excluding hydrogens is 409 g/mol. The van der Waals surface area contributed by atoms with Gasteiger partial charge in [-0.15, -0.1) is 0 Å². The molecule has 0 saturated carbocycles. The number of benzene rings is 2. The van der Waals surface area contributed by atoms with Crippen LogP contribution < -0.4 is 14.4 Å². The summed E-state index contributed by atoms with van der Waals surface area (Å²) in [5.74, 6) is -0.135. The molecule has 0 aliphatic rings. The first-order valence-corrected chi connectivity index (χ1v) is 10.4. The molecule has 0 aromatic heterocycles. The Morgan fingerprint density at radius 2 is 1.83 bits per heavy atom. The number of methoxy groups -OCH3 is 1. The van der Waals surface area contributed by atoms with Crippen molar-refractivity contribution in [1.82, 2.24) is 5.32 Å². The summed E-state index contributed by atoms with van der Waals surface area (Å²) in [7, 11) is -2.53. The number of ether oxygens (including phenoxy) is 1. The van der Waals surface area contributed by atoms with E-state index in [-0.39, 0.29) is 5.69 Å². The average molecular weight is 430 g/mol. The molecule has 6 nitrogen and oxygen atoms in total. The van der Waals surface area contributed by atoms with E-state index in [1.165, 1.54) is 13.2 Å². The fourth-order valence-electron chi connectivity index (χ4n) is 2.76. The van der Waals surface area contributed by atoms with Crippen LogP contribution in [0, 0.1) is 0 Å². The molecule has 0 unspecified atom stereocenters. The van der Waals surface area contributed by atoms with E-state index in [1.807, 2.05) is 0 Å². The second-order valence-electron chi connectivity index (χ2n) is 6.35. The van der Waals surface area contributed by atoms with E-state index in [0.29, 0.717) is 21.7 Å². The molecule has 2 aromatic rings. The van der Waals surface area contributed by atoms with E-state index < -0.39 is 40.3 Å². The van der Waals surface area contributed by atoms with Crippen LogP contribution in [-0.4, -0.2) is 34.2 Å². The number of nitrogens with zero attached hydrogens (tertiary/aromatic N) is 1. The zero-order valence-corrected chi connectivity index (χ0v) is 16.8. The molecule has 0 fully saturated rings. The summed E-state index contributed by atoms with van der Waals surface area (Å²) in [6.07, 6.45) is -3.82. The quantitative estimate of drug-likeness (QED) is 0.731. The monoisotopic (exact) mass is 430 g/mol. The van der Waals surface area contributed by atoms with E-state index in [4.69, 9.17) is 4.74 Å². The third kappa shape index (κ3) is 5.86. The van der Waals surface area contributed by atoms with Gasteiger partial charge in [-0.3, -0.25) is 9.10 Å². The predicted molar refractivity (Wildman–Crippen MR) is 103 cm³/mol. The molecule has 0 saturated heterocycles. The zero-order valence-electron chi connectivity index (χ0n) is 16.0. The van der Waals surface area contributed by atoms with Gasteiger partial charge in [-0.05, 0) is 31.2 Å². The maximum atomic E-state index is 13.0. The van der Waals surface area contributed by atoms with Crippen molar-refractivity contribution >= 4 is 21.6 Å². The summed E-state index contributed by atoms with van der Waals surface area (Å²) >= 11 is 0. The fourth-order valence-corrected chi connectivity index (χ4v) is 3.61. The number of alkyl halides is 3. The van der Waals surface area contributed by atoms with Gasteiger partial charge in [0.1, 0.15) is 12.3 Å². The van der Waals surface area contributed by atoms with Gasteiger partial charge in [0.05, 0.1) is 30.7 Å². The van der Waals surface area contributed by atoms with Gasteiger partial charge in [0, 0.05) is 5.56 Å². The number of anilines is 1. The molecule has 2 aromatic carbocycles. The van der Waals surface area contributed by atoms with Crippen molar-refractivity contribution < 1.29 is 31.1 Å². The largest absolute Gasteiger partial charge is 0.496 e. The molecule has 0 heterocycles. The van der Waals surface area contributed by atoms with E-state index in [9.17, 15) is 26.4 Å². The minimum absolute atomic E-state index is 0.248. The minimum atomic E-state index is -4.64. The molecule has 10 heteroatoms. The molecule has 0 aliphatic carbocycles. The highest BCUT2D eigenvalue weighted by molar-refractivity contribution is 7.92. The van der Waals surface area contributed by atoms with Gasteiger partial charge < -0.3 is 10.1 Å². The molecule has 1 N–H and O–H groups in total. The van der Waals surface area contributed by atoms with Crippen molar-refractivity contribution in [3.8, 4) is 5.75 Å². The molecule has 0 aliphatic heterocycles. The first-order valence-electron chi connectivity index (χ1n) is 8.50. The first kappa shape index (κ1) is 22.5. The fraction of sp³-hybridized carbons (Fsp3) is 0.316. The number of carbonyl (C=O) groups excluding carboxylic acids is 1. The van der Waals surface area contributed by atoms with Crippen LogP contribution in [0.5, 0.6) is 5.75 Å². The van der Waals surface area contributed by atoms with E-state index in [2.05, 4.69) is 5.32 Å². The zero-order chi connectivity index (χ0) is 21.8. The third-order valence-electron chi connectivity index (χ3n) is 4.13. The number of carbonyl (C=O) groups is 1. The van der Waals surface area contributed by atoms with Gasteiger partial charge in [-0.1, -0.05) is 24.3 Å². The first-order chi connectivity index (χ1) is 13.4. The number of nitrogens with one attached hydrogen (secondary N) is 1. The van der Waals surface area contributed by atoms with Gasteiger partial charge in [-0.25, -0.2) is 8.42 Å². The Labute approximate surface area is 167 Å². The molecular formula is C19H21F3N2O4S. The lowest BCUT2D eigenvalue weighted by atomic mass is 10.1. The highest BCUT2D eigenvalue weighted by Gasteiger charge is 2.32. The molecule has 0 bridgehead atoms. The summed E-state index contributed by atoms with van der Waals surface area (Å²) in [5, 5.41) is 2.64. The highest BCUT2D eigenvalue weighted by atomic mass is 32.2. The lowest BCUT2D eigenvalue weighted by Gasteiger charge is -2.24. The Morgan fingerprint density at radius 1 is 1.17 bits per heavy atom. The number of para-hydroxylation sites is 1. The summed E-state index contributed by atoms with van der Waals surface area (Å²) < 4.78 is 69.0. The van der Waals surface area contributed by atoms with Gasteiger partial charge in [-0.2, -0.15) is 13.2 Å². The smallest absolute Gasteiger partial charge is 0.416 e. The van der Waals surface area contributed by atoms with Gasteiger partial charge >= 0.3 is 6.18 Å². The summed E-state index contributed by atoms with van der Waals surface area (Å²) in [4.78, 5) is 12.5.